The summed E-state index contributed by atoms with van der Waals surface area (Å²) in [5, 5.41) is 0.472. The van der Waals surface area contributed by atoms with Crippen LogP contribution in [0.1, 0.15) is 19.8 Å². The molecule has 110 valence electrons. The molecule has 0 spiro atoms. The molecule has 0 radical (unpaired) electrons. The van der Waals surface area contributed by atoms with Crippen LogP contribution in [0, 0.1) is 5.92 Å². The largest absolute Gasteiger partial charge is 0.342 e. The molecule has 20 heavy (non-hydrogen) atoms. The number of amides is 1. The van der Waals surface area contributed by atoms with E-state index in [1.165, 1.54) is 24.3 Å². The van der Waals surface area contributed by atoms with Gasteiger partial charge >= 0.3 is 0 Å². The van der Waals surface area contributed by atoms with Gasteiger partial charge in [0.05, 0.1) is 4.90 Å². The fraction of sp³-hybridized carbons (Fsp3) is 0.500. The van der Waals surface area contributed by atoms with Crippen molar-refractivity contribution in [1.29, 1.82) is 0 Å². The van der Waals surface area contributed by atoms with Crippen LogP contribution in [0.3, 0.4) is 0 Å². The molecular weight excluding hydrogens is 298 g/mol. The summed E-state index contributed by atoms with van der Waals surface area (Å²) in [6.45, 7) is 3.44. The van der Waals surface area contributed by atoms with Gasteiger partial charge in [-0.05, 0) is 43.0 Å². The average molecular weight is 316 g/mol. The molecule has 0 bridgehead atoms. The number of carbonyl (C=O) groups excluding carboxylic acids is 1. The molecule has 0 aromatic heterocycles. The minimum atomic E-state index is -3.59. The Morgan fingerprint density at radius 1 is 1.25 bits per heavy atom. The van der Waals surface area contributed by atoms with Gasteiger partial charge in [0.1, 0.15) is 5.75 Å². The van der Waals surface area contributed by atoms with Gasteiger partial charge in [-0.25, -0.2) is 8.42 Å². The van der Waals surface area contributed by atoms with E-state index in [9.17, 15) is 13.2 Å². The fourth-order valence-corrected chi connectivity index (χ4v) is 3.59. The molecule has 4 nitrogen and oxygen atoms in total. The van der Waals surface area contributed by atoms with Crippen LogP contribution in [-0.2, 0) is 14.6 Å². The summed E-state index contributed by atoms with van der Waals surface area (Å²) in [4.78, 5) is 13.9. The summed E-state index contributed by atoms with van der Waals surface area (Å²) in [6.07, 6.45) is 1.87. The third-order valence-electron chi connectivity index (χ3n) is 3.62. The molecule has 6 heteroatoms. The van der Waals surface area contributed by atoms with Gasteiger partial charge in [0.2, 0.25) is 5.91 Å². The van der Waals surface area contributed by atoms with Crippen molar-refractivity contribution >= 4 is 27.3 Å². The lowest BCUT2D eigenvalue weighted by atomic mass is 9.99. The van der Waals surface area contributed by atoms with Crippen LogP contribution in [0.25, 0.3) is 0 Å². The average Bonchev–Trinajstić information content (AvgIpc) is 2.39. The van der Waals surface area contributed by atoms with Crippen molar-refractivity contribution in [2.75, 3.05) is 18.8 Å². The van der Waals surface area contributed by atoms with Crippen LogP contribution >= 0.6 is 11.6 Å². The quantitative estimate of drug-likeness (QED) is 0.860. The molecule has 0 aliphatic carbocycles. The van der Waals surface area contributed by atoms with Crippen LogP contribution < -0.4 is 0 Å². The maximum absolute atomic E-state index is 12.2. The molecule has 0 saturated carbocycles. The highest BCUT2D eigenvalue weighted by molar-refractivity contribution is 7.92. The molecule has 1 aliphatic heterocycles. The number of hydrogen-bond donors (Lipinski definition) is 0. The summed E-state index contributed by atoms with van der Waals surface area (Å²) >= 11 is 5.73. The monoisotopic (exact) mass is 315 g/mol. The van der Waals surface area contributed by atoms with E-state index in [0.29, 0.717) is 24.0 Å². The van der Waals surface area contributed by atoms with E-state index in [1.54, 1.807) is 4.90 Å². The zero-order chi connectivity index (χ0) is 14.8. The van der Waals surface area contributed by atoms with E-state index >= 15 is 0 Å². The minimum absolute atomic E-state index is 0.139. The molecule has 1 aromatic rings. The lowest BCUT2D eigenvalue weighted by molar-refractivity contribution is -0.129. The molecule has 1 amide bonds. The van der Waals surface area contributed by atoms with Crippen molar-refractivity contribution < 1.29 is 13.2 Å². The van der Waals surface area contributed by atoms with E-state index in [1.807, 2.05) is 0 Å². The van der Waals surface area contributed by atoms with Gasteiger partial charge in [-0.3, -0.25) is 4.79 Å². The third-order valence-corrected chi connectivity index (χ3v) is 5.49. The second kappa shape index (κ2) is 6.14. The fourth-order valence-electron chi connectivity index (χ4n) is 2.24. The second-order valence-electron chi connectivity index (χ2n) is 5.28. The van der Waals surface area contributed by atoms with Crippen LogP contribution in [0.2, 0.25) is 5.02 Å². The normalized spacial score (nSPS) is 17.2. The van der Waals surface area contributed by atoms with Gasteiger partial charge in [-0.15, -0.1) is 0 Å². The molecule has 1 aliphatic rings. The third kappa shape index (κ3) is 3.73. The standard InChI is InChI=1S/C14H18ClNO3S/c1-11-6-8-16(9-7-11)14(17)10-20(18,19)13-4-2-12(15)3-5-13/h2-5,11H,6-10H2,1H3. The van der Waals surface area contributed by atoms with Crippen LogP contribution in [0.15, 0.2) is 29.2 Å². The van der Waals surface area contributed by atoms with E-state index in [4.69, 9.17) is 11.6 Å². The smallest absolute Gasteiger partial charge is 0.238 e. The highest BCUT2D eigenvalue weighted by Gasteiger charge is 2.25. The van der Waals surface area contributed by atoms with Crippen molar-refractivity contribution in [3.05, 3.63) is 29.3 Å². The molecule has 0 N–H and O–H groups in total. The van der Waals surface area contributed by atoms with Gasteiger partial charge in [-0.1, -0.05) is 18.5 Å². The van der Waals surface area contributed by atoms with Crippen molar-refractivity contribution in [1.82, 2.24) is 4.90 Å². The molecule has 1 fully saturated rings. The Labute approximate surface area is 124 Å². The maximum Gasteiger partial charge on any atom is 0.238 e. The lowest BCUT2D eigenvalue weighted by Gasteiger charge is -2.30. The first-order valence-electron chi connectivity index (χ1n) is 6.64. The predicted molar refractivity (Wildman–Crippen MR) is 78.5 cm³/mol. The number of likely N-dealkylation sites (tertiary alicyclic amines) is 1. The predicted octanol–water partition coefficient (Wildman–Crippen LogP) is 2.37. The Morgan fingerprint density at radius 3 is 2.35 bits per heavy atom. The van der Waals surface area contributed by atoms with Crippen molar-refractivity contribution in [2.45, 2.75) is 24.7 Å². The number of sulfone groups is 1. The van der Waals surface area contributed by atoms with Crippen LogP contribution in [0.4, 0.5) is 0 Å². The van der Waals surface area contributed by atoms with Crippen molar-refractivity contribution in [3.63, 3.8) is 0 Å². The number of nitrogens with zero attached hydrogens (tertiary/aromatic N) is 1. The molecule has 0 atom stereocenters. The Bertz CT molecular complexity index is 575. The molecule has 0 unspecified atom stereocenters. The van der Waals surface area contributed by atoms with Gasteiger partial charge in [-0.2, -0.15) is 0 Å². The number of rotatable bonds is 3. The zero-order valence-corrected chi connectivity index (χ0v) is 13.0. The summed E-state index contributed by atoms with van der Waals surface area (Å²) in [5.74, 6) is -0.179. The first-order chi connectivity index (χ1) is 9.38. The maximum atomic E-state index is 12.2. The number of hydrogen-bond acceptors (Lipinski definition) is 3. The van der Waals surface area contributed by atoms with Gasteiger partial charge in [0, 0.05) is 18.1 Å². The highest BCUT2D eigenvalue weighted by Crippen LogP contribution is 2.19. The summed E-state index contributed by atoms with van der Waals surface area (Å²) < 4.78 is 24.3. The molecule has 1 aromatic carbocycles. The van der Waals surface area contributed by atoms with Gasteiger partial charge in [0.15, 0.2) is 9.84 Å². The van der Waals surface area contributed by atoms with E-state index in [0.717, 1.165) is 12.8 Å². The Morgan fingerprint density at radius 2 is 1.80 bits per heavy atom. The SMILES string of the molecule is CC1CCN(C(=O)CS(=O)(=O)c2ccc(Cl)cc2)CC1. The highest BCUT2D eigenvalue weighted by atomic mass is 35.5. The summed E-state index contributed by atoms with van der Waals surface area (Å²) in [6, 6.07) is 5.90. The van der Waals surface area contributed by atoms with Crippen LogP contribution in [-0.4, -0.2) is 38.1 Å². The number of piperidine rings is 1. The number of carbonyl (C=O) groups is 1. The number of benzene rings is 1. The zero-order valence-electron chi connectivity index (χ0n) is 11.4. The Balaban J connectivity index is 2.04. The molecular formula is C14H18ClNO3S. The Kier molecular flexibility index (Phi) is 4.70. The molecule has 2 rings (SSSR count). The van der Waals surface area contributed by atoms with E-state index < -0.39 is 15.6 Å². The van der Waals surface area contributed by atoms with Crippen molar-refractivity contribution in [2.24, 2.45) is 5.92 Å². The summed E-state index contributed by atoms with van der Waals surface area (Å²) in [7, 11) is -3.59. The molecule has 1 saturated heterocycles. The van der Waals surface area contributed by atoms with E-state index in [-0.39, 0.29) is 10.8 Å². The van der Waals surface area contributed by atoms with Gasteiger partial charge in [0.25, 0.3) is 0 Å². The Hall–Kier alpha value is -1.07. The first-order valence-corrected chi connectivity index (χ1v) is 8.67. The van der Waals surface area contributed by atoms with Crippen molar-refractivity contribution in [3.8, 4) is 0 Å². The second-order valence-corrected chi connectivity index (χ2v) is 7.70. The summed E-state index contributed by atoms with van der Waals surface area (Å²) in [5.41, 5.74) is 0. The van der Waals surface area contributed by atoms with E-state index in [2.05, 4.69) is 6.92 Å². The number of halogens is 1. The first kappa shape index (κ1) is 15.3. The lowest BCUT2D eigenvalue weighted by Crippen LogP contribution is -2.41. The van der Waals surface area contributed by atoms with Gasteiger partial charge < -0.3 is 4.90 Å². The molecule has 1 heterocycles. The minimum Gasteiger partial charge on any atom is -0.342 e. The topological polar surface area (TPSA) is 54.5 Å². The van der Waals surface area contributed by atoms with Crippen LogP contribution in [0.5, 0.6) is 0 Å².